The molecule has 3 rings (SSSR count). The number of hydrogen-bond acceptors (Lipinski definition) is 5. The minimum absolute atomic E-state index is 0.0897. The summed E-state index contributed by atoms with van der Waals surface area (Å²) < 4.78 is 19.4. The number of nitrogens with zero attached hydrogens (tertiary/aromatic N) is 2. The first-order valence-electron chi connectivity index (χ1n) is 8.35. The normalized spacial score (nSPS) is 21.2. The van der Waals surface area contributed by atoms with E-state index in [4.69, 9.17) is 4.74 Å². The van der Waals surface area contributed by atoms with Crippen LogP contribution < -0.4 is 5.32 Å². The van der Waals surface area contributed by atoms with Gasteiger partial charge in [0.25, 0.3) is 0 Å². The lowest BCUT2D eigenvalue weighted by atomic mass is 10.1. The minimum atomic E-state index is -0.225. The third-order valence-corrected chi connectivity index (χ3v) is 4.90. The molecule has 1 aliphatic rings. The highest BCUT2D eigenvalue weighted by Crippen LogP contribution is 2.22. The third-order valence-electron chi connectivity index (χ3n) is 3.98. The number of rotatable bonds is 5. The van der Waals surface area contributed by atoms with Crippen molar-refractivity contribution in [3.63, 3.8) is 0 Å². The number of thiazole rings is 1. The lowest BCUT2D eigenvalue weighted by Crippen LogP contribution is -2.48. The molecule has 1 N–H and O–H groups in total. The summed E-state index contributed by atoms with van der Waals surface area (Å²) in [6.45, 7) is 5.83. The van der Waals surface area contributed by atoms with E-state index in [0.717, 1.165) is 18.0 Å². The topological polar surface area (TPSA) is 54.5 Å². The van der Waals surface area contributed by atoms with Gasteiger partial charge < -0.3 is 10.1 Å². The first-order chi connectivity index (χ1) is 12.0. The number of hydrogen-bond donors (Lipinski definition) is 1. The van der Waals surface area contributed by atoms with Crippen molar-refractivity contribution in [1.29, 1.82) is 0 Å². The summed E-state index contributed by atoms with van der Waals surface area (Å²) in [5.74, 6) is -0.315. The molecule has 1 aliphatic heterocycles. The number of morpholine rings is 1. The molecular formula is C18H22FN3O2S. The van der Waals surface area contributed by atoms with Crippen LogP contribution in [0.4, 0.5) is 9.52 Å². The van der Waals surface area contributed by atoms with E-state index in [1.807, 2.05) is 19.9 Å². The summed E-state index contributed by atoms with van der Waals surface area (Å²) in [5.41, 5.74) is 0.625. The van der Waals surface area contributed by atoms with Gasteiger partial charge in [0, 0.05) is 30.6 Å². The van der Waals surface area contributed by atoms with Crippen molar-refractivity contribution < 1.29 is 13.9 Å². The van der Waals surface area contributed by atoms with Gasteiger partial charge >= 0.3 is 0 Å². The molecular weight excluding hydrogens is 341 g/mol. The zero-order valence-corrected chi connectivity index (χ0v) is 15.2. The van der Waals surface area contributed by atoms with Gasteiger partial charge in [-0.25, -0.2) is 9.37 Å². The third kappa shape index (κ3) is 5.07. The Morgan fingerprint density at radius 2 is 2.08 bits per heavy atom. The smallest absolute Gasteiger partial charge is 0.240 e. The van der Waals surface area contributed by atoms with Gasteiger partial charge in [-0.05, 0) is 25.5 Å². The largest absolute Gasteiger partial charge is 0.373 e. The average Bonchev–Trinajstić information content (AvgIpc) is 2.95. The number of ether oxygens (including phenoxy) is 1. The van der Waals surface area contributed by atoms with Crippen LogP contribution in [-0.4, -0.2) is 47.6 Å². The van der Waals surface area contributed by atoms with Gasteiger partial charge in [-0.2, -0.15) is 0 Å². The molecule has 1 saturated heterocycles. The summed E-state index contributed by atoms with van der Waals surface area (Å²) >= 11 is 1.37. The van der Waals surface area contributed by atoms with Crippen molar-refractivity contribution in [3.05, 3.63) is 46.7 Å². The van der Waals surface area contributed by atoms with Crippen LogP contribution in [0.15, 0.2) is 30.5 Å². The molecule has 2 atom stereocenters. The summed E-state index contributed by atoms with van der Waals surface area (Å²) in [7, 11) is 0. The molecule has 25 heavy (non-hydrogen) atoms. The standard InChI is InChI=1S/C18H22FN3O2S/c1-12-9-22(10-13(2)24-12)11-17(23)21-18-20-8-15(25-18)7-14-5-3-4-6-16(14)19/h3-6,8,12-13H,7,9-11H2,1-2H3,(H,20,21,23)/t12-,13-/m1/s1. The first-order valence-corrected chi connectivity index (χ1v) is 9.17. The van der Waals surface area contributed by atoms with E-state index in [1.54, 1.807) is 18.3 Å². The quantitative estimate of drug-likeness (QED) is 0.887. The molecule has 2 heterocycles. The Bertz CT molecular complexity index is 727. The second kappa shape index (κ2) is 8.03. The molecule has 134 valence electrons. The van der Waals surface area contributed by atoms with E-state index >= 15 is 0 Å². The van der Waals surface area contributed by atoms with E-state index in [0.29, 0.717) is 23.7 Å². The molecule has 5 nitrogen and oxygen atoms in total. The van der Waals surface area contributed by atoms with Gasteiger partial charge in [0.15, 0.2) is 5.13 Å². The zero-order chi connectivity index (χ0) is 17.8. The Morgan fingerprint density at radius 3 is 2.80 bits per heavy atom. The van der Waals surface area contributed by atoms with Gasteiger partial charge in [-0.15, -0.1) is 11.3 Å². The fraction of sp³-hybridized carbons (Fsp3) is 0.444. The number of benzene rings is 1. The molecule has 0 radical (unpaired) electrons. The van der Waals surface area contributed by atoms with Crippen LogP contribution in [0.2, 0.25) is 0 Å². The number of nitrogens with one attached hydrogen (secondary N) is 1. The molecule has 0 saturated carbocycles. The van der Waals surface area contributed by atoms with Gasteiger partial charge in [0.05, 0.1) is 18.8 Å². The predicted molar refractivity (Wildman–Crippen MR) is 96.4 cm³/mol. The molecule has 1 aromatic heterocycles. The van der Waals surface area contributed by atoms with Crippen molar-refractivity contribution >= 4 is 22.4 Å². The van der Waals surface area contributed by atoms with Crippen LogP contribution in [0.5, 0.6) is 0 Å². The zero-order valence-electron chi connectivity index (χ0n) is 14.4. The van der Waals surface area contributed by atoms with E-state index in [-0.39, 0.29) is 23.9 Å². The fourth-order valence-corrected chi connectivity index (χ4v) is 3.90. The van der Waals surface area contributed by atoms with Gasteiger partial charge in [0.1, 0.15) is 5.82 Å². The summed E-state index contributed by atoms with van der Waals surface area (Å²) in [6, 6.07) is 6.69. The predicted octanol–water partition coefficient (Wildman–Crippen LogP) is 2.92. The minimum Gasteiger partial charge on any atom is -0.373 e. The van der Waals surface area contributed by atoms with Crippen molar-refractivity contribution in [1.82, 2.24) is 9.88 Å². The number of carbonyl (C=O) groups is 1. The first kappa shape index (κ1) is 18.0. The Balaban J connectivity index is 1.54. The van der Waals surface area contributed by atoms with Crippen molar-refractivity contribution in [2.45, 2.75) is 32.5 Å². The number of aromatic nitrogens is 1. The van der Waals surface area contributed by atoms with E-state index in [2.05, 4.69) is 15.2 Å². The van der Waals surface area contributed by atoms with Crippen LogP contribution in [0.1, 0.15) is 24.3 Å². The molecule has 0 unspecified atom stereocenters. The van der Waals surface area contributed by atoms with Crippen LogP contribution >= 0.6 is 11.3 Å². The lowest BCUT2D eigenvalue weighted by molar-refractivity contribution is -0.121. The number of amides is 1. The summed E-state index contributed by atoms with van der Waals surface area (Å²) in [4.78, 5) is 19.5. The lowest BCUT2D eigenvalue weighted by Gasteiger charge is -2.34. The second-order valence-electron chi connectivity index (χ2n) is 6.40. The monoisotopic (exact) mass is 363 g/mol. The molecule has 1 amide bonds. The maximum Gasteiger partial charge on any atom is 0.240 e. The molecule has 0 spiro atoms. The number of carbonyl (C=O) groups excluding carboxylic acids is 1. The summed E-state index contributed by atoms with van der Waals surface area (Å²) in [6.07, 6.45) is 2.41. The number of anilines is 1. The van der Waals surface area contributed by atoms with Crippen molar-refractivity contribution in [2.75, 3.05) is 25.0 Å². The molecule has 1 aromatic carbocycles. The SMILES string of the molecule is C[C@@H]1CN(CC(=O)Nc2ncc(Cc3ccccc3F)s2)C[C@@H](C)O1. The van der Waals surface area contributed by atoms with E-state index < -0.39 is 0 Å². The second-order valence-corrected chi connectivity index (χ2v) is 7.51. The van der Waals surface area contributed by atoms with Crippen LogP contribution in [-0.2, 0) is 16.0 Å². The number of halogens is 1. The highest BCUT2D eigenvalue weighted by molar-refractivity contribution is 7.15. The van der Waals surface area contributed by atoms with Crippen molar-refractivity contribution in [3.8, 4) is 0 Å². The highest BCUT2D eigenvalue weighted by Gasteiger charge is 2.23. The molecule has 2 aromatic rings. The van der Waals surface area contributed by atoms with Gasteiger partial charge in [0.2, 0.25) is 5.91 Å². The molecule has 0 aliphatic carbocycles. The van der Waals surface area contributed by atoms with Crippen LogP contribution in [0.25, 0.3) is 0 Å². The van der Waals surface area contributed by atoms with E-state index in [1.165, 1.54) is 17.4 Å². The highest BCUT2D eigenvalue weighted by atomic mass is 32.1. The van der Waals surface area contributed by atoms with Crippen LogP contribution in [0.3, 0.4) is 0 Å². The molecule has 7 heteroatoms. The molecule has 0 bridgehead atoms. The van der Waals surface area contributed by atoms with E-state index in [9.17, 15) is 9.18 Å². The van der Waals surface area contributed by atoms with Crippen LogP contribution in [0, 0.1) is 5.82 Å². The fourth-order valence-electron chi connectivity index (χ4n) is 3.05. The summed E-state index contributed by atoms with van der Waals surface area (Å²) in [5, 5.41) is 3.38. The Morgan fingerprint density at radius 1 is 1.36 bits per heavy atom. The Kier molecular flexibility index (Phi) is 5.78. The maximum absolute atomic E-state index is 13.7. The van der Waals surface area contributed by atoms with Gasteiger partial charge in [-0.1, -0.05) is 18.2 Å². The Hall–Kier alpha value is -1.83. The maximum atomic E-state index is 13.7. The average molecular weight is 363 g/mol. The molecule has 1 fully saturated rings. The van der Waals surface area contributed by atoms with Crippen molar-refractivity contribution in [2.24, 2.45) is 0 Å². The Labute approximate surface area is 150 Å². The van der Waals surface area contributed by atoms with Gasteiger partial charge in [-0.3, -0.25) is 9.69 Å².